The third-order valence-corrected chi connectivity index (χ3v) is 13.0. The van der Waals surface area contributed by atoms with Crippen molar-refractivity contribution in [3.8, 4) is 0 Å². The Morgan fingerprint density at radius 1 is 0.966 bits per heavy atom. The Morgan fingerprint density at radius 2 is 1.59 bits per heavy atom. The number of hydrogen-bond acceptors (Lipinski definition) is 14. The quantitative estimate of drug-likeness (QED) is 0.154. The summed E-state index contributed by atoms with van der Waals surface area (Å²) in [6.07, 6.45) is -9.42. The van der Waals surface area contributed by atoms with Gasteiger partial charge in [-0.3, -0.25) is 14.4 Å². The van der Waals surface area contributed by atoms with Crippen LogP contribution in [0.2, 0.25) is 0 Å². The number of carbonyl (C=O) groups is 6. The molecular weight excluding hydrogens is 754 g/mol. The van der Waals surface area contributed by atoms with Crippen molar-refractivity contribution in [1.29, 1.82) is 0 Å². The summed E-state index contributed by atoms with van der Waals surface area (Å²) in [4.78, 5) is 83.5. The molecule has 0 radical (unpaired) electrons. The average molecular weight is 808 g/mol. The number of nitrogens with one attached hydrogen (secondary N) is 1. The van der Waals surface area contributed by atoms with Gasteiger partial charge in [0.15, 0.2) is 11.7 Å². The summed E-state index contributed by atoms with van der Waals surface area (Å²) < 4.78 is 29.3. The third kappa shape index (κ3) is 7.09. The second-order valence-corrected chi connectivity index (χ2v) is 17.4. The van der Waals surface area contributed by atoms with Crippen LogP contribution >= 0.6 is 0 Å². The summed E-state index contributed by atoms with van der Waals surface area (Å²) in [5.41, 5.74) is -7.37. The molecule has 3 saturated carbocycles. The Labute approximate surface area is 336 Å². The molecule has 15 nitrogen and oxygen atoms in total. The first-order valence-electron chi connectivity index (χ1n) is 19.6. The number of amides is 1. The fourth-order valence-electron chi connectivity index (χ4n) is 9.85. The maximum absolute atomic E-state index is 14.9. The van der Waals surface area contributed by atoms with E-state index in [9.17, 15) is 44.1 Å². The number of hydrogen-bond donors (Lipinski definition) is 4. The molecule has 1 amide bonds. The van der Waals surface area contributed by atoms with Gasteiger partial charge in [-0.05, 0) is 30.5 Å². The van der Waals surface area contributed by atoms with Crippen molar-refractivity contribution in [3.05, 3.63) is 71.8 Å². The minimum Gasteiger partial charge on any atom is -0.460 e. The summed E-state index contributed by atoms with van der Waals surface area (Å²) in [6, 6.07) is 14.6. The smallest absolute Gasteiger partial charge is 0.407 e. The Hall–Kier alpha value is -4.70. The van der Waals surface area contributed by atoms with Crippen molar-refractivity contribution in [3.63, 3.8) is 0 Å². The third-order valence-electron chi connectivity index (χ3n) is 13.0. The zero-order chi connectivity index (χ0) is 42.5. The van der Waals surface area contributed by atoms with Crippen LogP contribution in [0.4, 0.5) is 4.79 Å². The van der Waals surface area contributed by atoms with E-state index in [2.05, 4.69) is 5.32 Å². The Bertz CT molecular complexity index is 1920. The highest BCUT2D eigenvalue weighted by Gasteiger charge is 2.79. The van der Waals surface area contributed by atoms with Crippen LogP contribution in [0, 0.1) is 34.5 Å². The lowest BCUT2D eigenvalue weighted by Gasteiger charge is -2.67. The van der Waals surface area contributed by atoms with Crippen LogP contribution in [0.5, 0.6) is 0 Å². The molecule has 1 aliphatic heterocycles. The lowest BCUT2D eigenvalue weighted by Crippen LogP contribution is -2.82. The number of alkyl carbamates (subject to hydrolysis) is 1. The first-order valence-corrected chi connectivity index (χ1v) is 19.6. The number of fused-ring (bicyclic) bond motifs is 5. The van der Waals surface area contributed by atoms with Crippen LogP contribution < -0.4 is 5.32 Å². The Balaban J connectivity index is 1.45. The van der Waals surface area contributed by atoms with Gasteiger partial charge < -0.3 is 44.3 Å². The van der Waals surface area contributed by atoms with Crippen LogP contribution in [0.25, 0.3) is 0 Å². The van der Waals surface area contributed by atoms with Gasteiger partial charge >= 0.3 is 24.0 Å². The molecule has 15 heteroatoms. The van der Waals surface area contributed by atoms with E-state index in [1.807, 2.05) is 13.8 Å². The van der Waals surface area contributed by atoms with Gasteiger partial charge in [0.2, 0.25) is 11.6 Å². The lowest BCUT2D eigenvalue weighted by molar-refractivity contribution is -0.350. The molecule has 6 rings (SSSR count). The standard InChI is InChI=1S/C43H53NO14/c1-22(2)20-54-39(52)44-31(25-14-10-8-11-15-25)33(48)38(51)56-27-19-43(53)36(57-37(50)26-16-12-9-13-17-26)34-41(7,35(49)32(47)30(23(27)3)40(43,5)6)28(46)18-29-42(34,21-55-29)58-24(4)45/h8-17,22-23,27-31,33-34,36,46,48,53H,18-21H2,1-7H3,(H,44,52)/t23?,27-,28-,29+,30?,31-,33+,34-,36-,41+,42-,43+/m0/s1. The SMILES string of the molecule is CC(=O)O[C@@]12CO[C@@H]1C[C@H](O)[C@@]1(C)C(=O)C(=O)C3C(C)[C@@H](OC(=O)[C@H](O)[C@@H](NC(=O)OCC(C)C)c4ccccc4)C[C@@](O)([C@@H](OC(=O)c4ccccc4)[C@H]21)C3(C)C. The van der Waals surface area contributed by atoms with Gasteiger partial charge in [0.1, 0.15) is 23.9 Å². The molecule has 12 atom stereocenters. The van der Waals surface area contributed by atoms with Gasteiger partial charge in [-0.15, -0.1) is 0 Å². The fraction of sp³-hybridized carbons (Fsp3) is 0.581. The number of carbonyl (C=O) groups excluding carboxylic acids is 6. The molecule has 3 aliphatic carbocycles. The molecule has 0 spiro atoms. The summed E-state index contributed by atoms with van der Waals surface area (Å²) >= 11 is 0. The van der Waals surface area contributed by atoms with Crippen LogP contribution in [-0.4, -0.2) is 106 Å². The lowest BCUT2D eigenvalue weighted by atomic mass is 9.42. The first-order chi connectivity index (χ1) is 27.2. The Kier molecular flexibility index (Phi) is 11.7. The largest absolute Gasteiger partial charge is 0.460 e. The molecule has 2 unspecified atom stereocenters. The zero-order valence-electron chi connectivity index (χ0n) is 33.7. The molecule has 4 aliphatic rings. The summed E-state index contributed by atoms with van der Waals surface area (Å²) in [5, 5.41) is 39.3. The van der Waals surface area contributed by atoms with Crippen LogP contribution in [0.15, 0.2) is 60.7 Å². The van der Waals surface area contributed by atoms with E-state index in [0.29, 0.717) is 5.56 Å². The van der Waals surface area contributed by atoms with E-state index >= 15 is 0 Å². The van der Waals surface area contributed by atoms with Crippen LogP contribution in [0.1, 0.15) is 83.3 Å². The predicted octanol–water partition coefficient (Wildman–Crippen LogP) is 3.26. The van der Waals surface area contributed by atoms with E-state index < -0.39 is 118 Å². The number of esters is 3. The van der Waals surface area contributed by atoms with Gasteiger partial charge in [-0.1, -0.05) is 83.1 Å². The highest BCUT2D eigenvalue weighted by atomic mass is 16.6. The van der Waals surface area contributed by atoms with Crippen molar-refractivity contribution in [2.75, 3.05) is 13.2 Å². The molecule has 2 aromatic carbocycles. The fourth-order valence-corrected chi connectivity index (χ4v) is 9.85. The maximum Gasteiger partial charge on any atom is 0.407 e. The molecule has 1 saturated heterocycles. The van der Waals surface area contributed by atoms with Crippen molar-refractivity contribution >= 4 is 35.6 Å². The number of ketones is 2. The van der Waals surface area contributed by atoms with E-state index in [0.717, 1.165) is 6.92 Å². The first kappa shape index (κ1) is 42.9. The van der Waals surface area contributed by atoms with E-state index in [1.54, 1.807) is 69.3 Å². The number of ether oxygens (including phenoxy) is 5. The van der Waals surface area contributed by atoms with Crippen molar-refractivity contribution in [1.82, 2.24) is 5.32 Å². The molecule has 4 fully saturated rings. The Morgan fingerprint density at radius 3 is 2.16 bits per heavy atom. The molecule has 1 heterocycles. The van der Waals surface area contributed by atoms with Crippen LogP contribution in [0.3, 0.4) is 0 Å². The highest BCUT2D eigenvalue weighted by molar-refractivity contribution is 6.40. The van der Waals surface area contributed by atoms with Gasteiger partial charge in [0, 0.05) is 37.0 Å². The normalized spacial score (nSPS) is 34.7. The molecule has 0 aromatic heterocycles. The summed E-state index contributed by atoms with van der Waals surface area (Å²) in [7, 11) is 0. The van der Waals surface area contributed by atoms with Gasteiger partial charge in [0.25, 0.3) is 0 Å². The van der Waals surface area contributed by atoms with Crippen molar-refractivity contribution in [2.24, 2.45) is 34.5 Å². The minimum absolute atomic E-state index is 0.00174. The van der Waals surface area contributed by atoms with Gasteiger partial charge in [0.05, 0.1) is 42.3 Å². The number of aliphatic hydroxyl groups is 3. The van der Waals surface area contributed by atoms with Gasteiger partial charge in [-0.25, -0.2) is 14.4 Å². The average Bonchev–Trinajstić information content (AvgIpc) is 3.17. The number of Topliss-reactive ketones (excluding diaryl/α,β-unsaturated/α-hetero) is 2. The zero-order valence-corrected chi connectivity index (χ0v) is 33.7. The van der Waals surface area contributed by atoms with Crippen molar-refractivity contribution in [2.45, 2.75) is 109 Å². The molecule has 4 N–H and O–H groups in total. The van der Waals surface area contributed by atoms with E-state index in [-0.39, 0.29) is 31.1 Å². The minimum atomic E-state index is -2.35. The van der Waals surface area contributed by atoms with Crippen LogP contribution in [-0.2, 0) is 42.9 Å². The molecule has 2 aromatic rings. The van der Waals surface area contributed by atoms with E-state index in [1.165, 1.54) is 19.1 Å². The summed E-state index contributed by atoms with van der Waals surface area (Å²) in [6.45, 7) is 10.6. The highest BCUT2D eigenvalue weighted by Crippen LogP contribution is 2.64. The van der Waals surface area contributed by atoms with Crippen molar-refractivity contribution < 1.29 is 67.8 Å². The second-order valence-electron chi connectivity index (χ2n) is 17.4. The predicted molar refractivity (Wildman–Crippen MR) is 203 cm³/mol. The number of benzene rings is 2. The maximum atomic E-state index is 14.9. The molecular formula is C43H53NO14. The monoisotopic (exact) mass is 807 g/mol. The molecule has 314 valence electrons. The van der Waals surface area contributed by atoms with Gasteiger partial charge in [-0.2, -0.15) is 0 Å². The topological polar surface area (TPSA) is 221 Å². The van der Waals surface area contributed by atoms with E-state index in [4.69, 9.17) is 23.7 Å². The molecule has 58 heavy (non-hydrogen) atoms. The number of aliphatic hydroxyl groups excluding tert-OH is 2. The summed E-state index contributed by atoms with van der Waals surface area (Å²) in [5.74, 6) is -8.91. The number of rotatable bonds is 10. The second kappa shape index (κ2) is 15.8. The molecule has 2 bridgehead atoms.